The lowest BCUT2D eigenvalue weighted by molar-refractivity contribution is -0.131. The first kappa shape index (κ1) is 15.9. The van der Waals surface area contributed by atoms with Crippen LogP contribution in [0, 0.1) is 11.8 Å². The SMILES string of the molecule is CC(C)C1CCCN(C(=O)CCc2ccc(N)cc2)CC1. The molecule has 0 aliphatic carbocycles. The fourth-order valence-corrected chi connectivity index (χ4v) is 3.13. The van der Waals surface area contributed by atoms with E-state index in [4.69, 9.17) is 5.73 Å². The van der Waals surface area contributed by atoms with Crippen LogP contribution >= 0.6 is 0 Å². The van der Waals surface area contributed by atoms with Gasteiger partial charge < -0.3 is 10.6 Å². The van der Waals surface area contributed by atoms with E-state index in [1.807, 2.05) is 24.3 Å². The first-order chi connectivity index (χ1) is 10.1. The number of hydrogen-bond donors (Lipinski definition) is 1. The van der Waals surface area contributed by atoms with Gasteiger partial charge in [0.2, 0.25) is 5.91 Å². The number of nitrogens with two attached hydrogens (primary N) is 1. The van der Waals surface area contributed by atoms with Crippen LogP contribution in [0.5, 0.6) is 0 Å². The monoisotopic (exact) mass is 288 g/mol. The summed E-state index contributed by atoms with van der Waals surface area (Å²) in [7, 11) is 0. The minimum absolute atomic E-state index is 0.302. The molecule has 1 fully saturated rings. The topological polar surface area (TPSA) is 46.3 Å². The third-order valence-electron chi connectivity index (χ3n) is 4.68. The average molecular weight is 288 g/mol. The molecule has 1 atom stereocenters. The Morgan fingerprint density at radius 2 is 1.95 bits per heavy atom. The molecular weight excluding hydrogens is 260 g/mol. The van der Waals surface area contributed by atoms with Crippen LogP contribution in [0.4, 0.5) is 5.69 Å². The molecule has 21 heavy (non-hydrogen) atoms. The van der Waals surface area contributed by atoms with Gasteiger partial charge in [0.05, 0.1) is 0 Å². The van der Waals surface area contributed by atoms with Crippen molar-refractivity contribution in [3.63, 3.8) is 0 Å². The summed E-state index contributed by atoms with van der Waals surface area (Å²) in [6.07, 6.45) is 4.99. The molecule has 1 aromatic rings. The normalized spacial score (nSPS) is 19.6. The van der Waals surface area contributed by atoms with Crippen molar-refractivity contribution in [1.82, 2.24) is 4.90 Å². The Hall–Kier alpha value is -1.51. The fourth-order valence-electron chi connectivity index (χ4n) is 3.13. The van der Waals surface area contributed by atoms with Gasteiger partial charge in [-0.05, 0) is 55.2 Å². The Labute approximate surface area is 128 Å². The Bertz CT molecular complexity index is 453. The van der Waals surface area contributed by atoms with Crippen molar-refractivity contribution in [2.45, 2.75) is 46.0 Å². The number of anilines is 1. The minimum Gasteiger partial charge on any atom is -0.399 e. The van der Waals surface area contributed by atoms with Crippen molar-refractivity contribution < 1.29 is 4.79 Å². The number of likely N-dealkylation sites (tertiary alicyclic amines) is 1. The number of amides is 1. The van der Waals surface area contributed by atoms with Crippen molar-refractivity contribution in [3.8, 4) is 0 Å². The van der Waals surface area contributed by atoms with E-state index in [0.717, 1.165) is 49.9 Å². The van der Waals surface area contributed by atoms with E-state index in [0.29, 0.717) is 12.3 Å². The highest BCUT2D eigenvalue weighted by molar-refractivity contribution is 5.76. The zero-order chi connectivity index (χ0) is 15.2. The maximum Gasteiger partial charge on any atom is 0.222 e. The van der Waals surface area contributed by atoms with E-state index >= 15 is 0 Å². The number of carbonyl (C=O) groups is 1. The Balaban J connectivity index is 1.81. The number of nitrogen functional groups attached to an aromatic ring is 1. The van der Waals surface area contributed by atoms with Crippen LogP contribution in [0.3, 0.4) is 0 Å². The zero-order valence-electron chi connectivity index (χ0n) is 13.3. The first-order valence-corrected chi connectivity index (χ1v) is 8.18. The van der Waals surface area contributed by atoms with Gasteiger partial charge in [0.1, 0.15) is 0 Å². The number of aryl methyl sites for hydroxylation is 1. The molecule has 0 saturated carbocycles. The Kier molecular flexibility index (Phi) is 5.66. The van der Waals surface area contributed by atoms with E-state index in [1.54, 1.807) is 0 Å². The van der Waals surface area contributed by atoms with Gasteiger partial charge in [-0.2, -0.15) is 0 Å². The molecule has 0 radical (unpaired) electrons. The second-order valence-corrected chi connectivity index (χ2v) is 6.56. The molecule has 0 bridgehead atoms. The lowest BCUT2D eigenvalue weighted by atomic mass is 9.89. The summed E-state index contributed by atoms with van der Waals surface area (Å²) in [4.78, 5) is 14.4. The van der Waals surface area contributed by atoms with Crippen LogP contribution < -0.4 is 5.73 Å². The largest absolute Gasteiger partial charge is 0.399 e. The molecule has 0 aromatic heterocycles. The maximum absolute atomic E-state index is 12.4. The minimum atomic E-state index is 0.302. The molecule has 1 aromatic carbocycles. The summed E-state index contributed by atoms with van der Waals surface area (Å²) >= 11 is 0. The summed E-state index contributed by atoms with van der Waals surface area (Å²) < 4.78 is 0. The maximum atomic E-state index is 12.4. The highest BCUT2D eigenvalue weighted by Gasteiger charge is 2.22. The van der Waals surface area contributed by atoms with Crippen LogP contribution in [0.15, 0.2) is 24.3 Å². The average Bonchev–Trinajstić information content (AvgIpc) is 2.72. The van der Waals surface area contributed by atoms with Crippen LogP contribution in [0.25, 0.3) is 0 Å². The molecule has 1 unspecified atom stereocenters. The van der Waals surface area contributed by atoms with E-state index in [-0.39, 0.29) is 0 Å². The number of nitrogens with zero attached hydrogens (tertiary/aromatic N) is 1. The fraction of sp³-hybridized carbons (Fsp3) is 0.611. The zero-order valence-corrected chi connectivity index (χ0v) is 13.3. The summed E-state index contributed by atoms with van der Waals surface area (Å²) in [6.45, 7) is 6.46. The van der Waals surface area contributed by atoms with Gasteiger partial charge in [0.15, 0.2) is 0 Å². The van der Waals surface area contributed by atoms with Crippen molar-refractivity contribution in [2.75, 3.05) is 18.8 Å². The summed E-state index contributed by atoms with van der Waals surface area (Å²) in [6, 6.07) is 7.83. The summed E-state index contributed by atoms with van der Waals surface area (Å²) in [5.74, 6) is 1.81. The van der Waals surface area contributed by atoms with Gasteiger partial charge in [-0.15, -0.1) is 0 Å². The smallest absolute Gasteiger partial charge is 0.222 e. The molecule has 2 rings (SSSR count). The highest BCUT2D eigenvalue weighted by Crippen LogP contribution is 2.24. The molecule has 1 saturated heterocycles. The van der Waals surface area contributed by atoms with Crippen LogP contribution in [0.2, 0.25) is 0 Å². The molecule has 116 valence electrons. The number of rotatable bonds is 4. The third-order valence-corrected chi connectivity index (χ3v) is 4.68. The lowest BCUT2D eigenvalue weighted by Gasteiger charge is -2.21. The van der Waals surface area contributed by atoms with Gasteiger partial charge in [-0.25, -0.2) is 0 Å². The number of benzene rings is 1. The van der Waals surface area contributed by atoms with E-state index in [1.165, 1.54) is 12.0 Å². The first-order valence-electron chi connectivity index (χ1n) is 8.18. The molecule has 1 aliphatic heterocycles. The molecule has 1 heterocycles. The van der Waals surface area contributed by atoms with Gasteiger partial charge in [0.25, 0.3) is 0 Å². The quantitative estimate of drug-likeness (QED) is 0.862. The van der Waals surface area contributed by atoms with E-state index in [9.17, 15) is 4.79 Å². The summed E-state index contributed by atoms with van der Waals surface area (Å²) in [5, 5.41) is 0. The molecule has 1 aliphatic rings. The molecule has 3 nitrogen and oxygen atoms in total. The van der Waals surface area contributed by atoms with Crippen molar-refractivity contribution in [1.29, 1.82) is 0 Å². The summed E-state index contributed by atoms with van der Waals surface area (Å²) in [5.41, 5.74) is 7.64. The Morgan fingerprint density at radius 3 is 2.62 bits per heavy atom. The van der Waals surface area contributed by atoms with E-state index in [2.05, 4.69) is 18.7 Å². The van der Waals surface area contributed by atoms with Gasteiger partial charge in [0, 0.05) is 25.2 Å². The molecule has 0 spiro atoms. The van der Waals surface area contributed by atoms with Crippen molar-refractivity contribution >= 4 is 11.6 Å². The van der Waals surface area contributed by atoms with Crippen LogP contribution in [-0.2, 0) is 11.2 Å². The second-order valence-electron chi connectivity index (χ2n) is 6.56. The van der Waals surface area contributed by atoms with E-state index < -0.39 is 0 Å². The predicted molar refractivity (Wildman–Crippen MR) is 87.9 cm³/mol. The predicted octanol–water partition coefficient (Wildman–Crippen LogP) is 3.49. The molecule has 2 N–H and O–H groups in total. The van der Waals surface area contributed by atoms with Crippen LogP contribution in [0.1, 0.15) is 45.1 Å². The van der Waals surface area contributed by atoms with Gasteiger partial charge in [-0.1, -0.05) is 26.0 Å². The van der Waals surface area contributed by atoms with Gasteiger partial charge >= 0.3 is 0 Å². The second kappa shape index (κ2) is 7.48. The van der Waals surface area contributed by atoms with Crippen LogP contribution in [-0.4, -0.2) is 23.9 Å². The standard InChI is InChI=1S/C18H28N2O/c1-14(2)16-4-3-12-20(13-11-16)18(21)10-7-15-5-8-17(19)9-6-15/h5-6,8-9,14,16H,3-4,7,10-13,19H2,1-2H3. The van der Waals surface area contributed by atoms with Crippen molar-refractivity contribution in [3.05, 3.63) is 29.8 Å². The number of carbonyl (C=O) groups excluding carboxylic acids is 1. The highest BCUT2D eigenvalue weighted by atomic mass is 16.2. The third kappa shape index (κ3) is 4.76. The molecule has 1 amide bonds. The van der Waals surface area contributed by atoms with Crippen molar-refractivity contribution in [2.24, 2.45) is 11.8 Å². The van der Waals surface area contributed by atoms with Gasteiger partial charge in [-0.3, -0.25) is 4.79 Å². The lowest BCUT2D eigenvalue weighted by Crippen LogP contribution is -2.32. The Morgan fingerprint density at radius 1 is 1.24 bits per heavy atom. The molecule has 3 heteroatoms. The number of hydrogen-bond acceptors (Lipinski definition) is 2. The molecular formula is C18H28N2O.